The average molecular weight is 495 g/mol. The van der Waals surface area contributed by atoms with Gasteiger partial charge in [0.2, 0.25) is 0 Å². The Balaban J connectivity index is 2.14. The summed E-state index contributed by atoms with van der Waals surface area (Å²) in [7, 11) is -1.46. The molecule has 184 valence electrons. The molecule has 1 unspecified atom stereocenters. The summed E-state index contributed by atoms with van der Waals surface area (Å²) < 4.78 is 55.1. The van der Waals surface area contributed by atoms with E-state index in [1.165, 1.54) is 25.1 Å². The smallest absolute Gasteiger partial charge is 0.415 e. The van der Waals surface area contributed by atoms with Crippen molar-refractivity contribution in [2.45, 2.75) is 57.2 Å². The first-order valence-corrected chi connectivity index (χ1v) is 14.7. The Kier molecular flexibility index (Phi) is 7.19. The van der Waals surface area contributed by atoms with E-state index in [1.807, 2.05) is 0 Å². The molecule has 2 amide bonds. The zero-order chi connectivity index (χ0) is 25.3. The van der Waals surface area contributed by atoms with Crippen molar-refractivity contribution in [3.8, 4) is 11.8 Å². The predicted octanol–water partition coefficient (Wildman–Crippen LogP) is 5.54. The van der Waals surface area contributed by atoms with Gasteiger partial charge in [-0.2, -0.15) is 13.2 Å². The largest absolute Gasteiger partial charge is 0.433 e. The van der Waals surface area contributed by atoms with Crippen LogP contribution < -0.4 is 9.80 Å². The second-order valence-electron chi connectivity index (χ2n) is 9.73. The Labute approximate surface area is 198 Å². The molecular weight excluding hydrogens is 465 g/mol. The maximum Gasteiger partial charge on any atom is 0.433 e. The number of nitrogens with zero attached hydrogens (tertiary/aromatic N) is 2. The molecular formula is C24H29F3N2O4Si. The van der Waals surface area contributed by atoms with E-state index in [1.54, 1.807) is 6.07 Å². The molecule has 0 aromatic heterocycles. The van der Waals surface area contributed by atoms with Crippen molar-refractivity contribution in [1.29, 1.82) is 0 Å². The first-order valence-electron chi connectivity index (χ1n) is 11.0. The number of carbonyl (C=O) groups is 2. The SMILES string of the molecule is C=C(C)OC(=O)N1c2ccccc2N(COCC[Si](C)(C)C)C(=O)C1(C#CC1CC1)C(F)(F)F. The summed E-state index contributed by atoms with van der Waals surface area (Å²) in [4.78, 5) is 27.9. The van der Waals surface area contributed by atoms with Crippen molar-refractivity contribution in [3.63, 3.8) is 0 Å². The highest BCUT2D eigenvalue weighted by atomic mass is 28.3. The molecule has 1 aliphatic heterocycles. The molecule has 1 atom stereocenters. The number of anilines is 2. The fourth-order valence-electron chi connectivity index (χ4n) is 3.42. The molecule has 0 spiro atoms. The average Bonchev–Trinajstić information content (AvgIpc) is 3.53. The highest BCUT2D eigenvalue weighted by molar-refractivity contribution is 6.76. The van der Waals surface area contributed by atoms with Crippen LogP contribution in [0.3, 0.4) is 0 Å². The van der Waals surface area contributed by atoms with Gasteiger partial charge in [-0.05, 0) is 37.9 Å². The van der Waals surface area contributed by atoms with E-state index in [-0.39, 0.29) is 23.1 Å². The minimum Gasteiger partial charge on any atom is -0.415 e. The van der Waals surface area contributed by atoms with Crippen LogP contribution in [0.2, 0.25) is 25.7 Å². The van der Waals surface area contributed by atoms with E-state index in [2.05, 4.69) is 38.1 Å². The van der Waals surface area contributed by atoms with Gasteiger partial charge >= 0.3 is 12.3 Å². The van der Waals surface area contributed by atoms with Crippen molar-refractivity contribution in [1.82, 2.24) is 0 Å². The number of hydrogen-bond donors (Lipinski definition) is 0. The lowest BCUT2D eigenvalue weighted by Gasteiger charge is -2.46. The number of benzene rings is 1. The number of halogens is 3. The number of rotatable bonds is 6. The third-order valence-corrected chi connectivity index (χ3v) is 7.11. The van der Waals surface area contributed by atoms with Gasteiger partial charge in [0.05, 0.1) is 17.1 Å². The van der Waals surface area contributed by atoms with Crippen LogP contribution in [0.25, 0.3) is 0 Å². The number of carbonyl (C=O) groups excluding carboxylic acids is 2. The van der Waals surface area contributed by atoms with E-state index >= 15 is 0 Å². The number of alkyl halides is 3. The van der Waals surface area contributed by atoms with Crippen LogP contribution in [0.1, 0.15) is 19.8 Å². The van der Waals surface area contributed by atoms with Crippen LogP contribution in [-0.2, 0) is 14.3 Å². The van der Waals surface area contributed by atoms with Gasteiger partial charge in [-0.1, -0.05) is 50.2 Å². The Hall–Kier alpha value is -2.77. The number of fused-ring (bicyclic) bond motifs is 1. The monoisotopic (exact) mass is 494 g/mol. The first-order chi connectivity index (χ1) is 15.8. The molecule has 0 bridgehead atoms. The number of amides is 2. The highest BCUT2D eigenvalue weighted by Crippen LogP contribution is 2.48. The summed E-state index contributed by atoms with van der Waals surface area (Å²) in [5.41, 5.74) is -3.50. The minimum atomic E-state index is -5.22. The maximum absolute atomic E-state index is 14.8. The molecule has 0 radical (unpaired) electrons. The van der Waals surface area contributed by atoms with Crippen LogP contribution in [0.5, 0.6) is 0 Å². The molecule has 0 saturated heterocycles. The molecule has 1 aromatic rings. The van der Waals surface area contributed by atoms with Crippen LogP contribution in [0, 0.1) is 17.8 Å². The second kappa shape index (κ2) is 9.47. The van der Waals surface area contributed by atoms with Gasteiger partial charge in [0.1, 0.15) is 6.73 Å². The lowest BCUT2D eigenvalue weighted by atomic mass is 9.90. The Bertz CT molecular complexity index is 1040. The van der Waals surface area contributed by atoms with Gasteiger partial charge in [-0.3, -0.25) is 9.69 Å². The molecule has 3 rings (SSSR count). The number of hydrogen-bond acceptors (Lipinski definition) is 4. The fraction of sp³-hybridized carbons (Fsp3) is 0.500. The molecule has 1 aliphatic carbocycles. The van der Waals surface area contributed by atoms with Crippen LogP contribution in [0.4, 0.5) is 29.3 Å². The highest BCUT2D eigenvalue weighted by Gasteiger charge is 2.69. The van der Waals surface area contributed by atoms with E-state index in [9.17, 15) is 22.8 Å². The zero-order valence-electron chi connectivity index (χ0n) is 19.8. The summed E-state index contributed by atoms with van der Waals surface area (Å²) >= 11 is 0. The predicted molar refractivity (Wildman–Crippen MR) is 126 cm³/mol. The van der Waals surface area contributed by atoms with Gasteiger partial charge in [0.15, 0.2) is 0 Å². The van der Waals surface area contributed by atoms with Gasteiger partial charge in [0.25, 0.3) is 11.4 Å². The van der Waals surface area contributed by atoms with Crippen LogP contribution in [-0.4, -0.2) is 45.1 Å². The number of ether oxygens (including phenoxy) is 2. The number of allylic oxidation sites excluding steroid dienone is 1. The molecule has 6 nitrogen and oxygen atoms in total. The third kappa shape index (κ3) is 5.31. The zero-order valence-corrected chi connectivity index (χ0v) is 20.8. The lowest BCUT2D eigenvalue weighted by molar-refractivity contribution is -0.178. The van der Waals surface area contributed by atoms with Crippen LogP contribution in [0.15, 0.2) is 36.6 Å². The van der Waals surface area contributed by atoms with Crippen molar-refractivity contribution in [3.05, 3.63) is 36.6 Å². The summed E-state index contributed by atoms with van der Waals surface area (Å²) in [5, 5.41) is 0. The fourth-order valence-corrected chi connectivity index (χ4v) is 4.17. The summed E-state index contributed by atoms with van der Waals surface area (Å²) in [6.07, 6.45) is -5.31. The van der Waals surface area contributed by atoms with Gasteiger partial charge < -0.3 is 9.47 Å². The van der Waals surface area contributed by atoms with E-state index in [4.69, 9.17) is 9.47 Å². The maximum atomic E-state index is 14.8. The quantitative estimate of drug-likeness (QED) is 0.226. The summed E-state index contributed by atoms with van der Waals surface area (Å²) in [5.74, 6) is 2.95. The molecule has 10 heteroatoms. The number of para-hydroxylation sites is 2. The van der Waals surface area contributed by atoms with Gasteiger partial charge in [-0.25, -0.2) is 9.69 Å². The lowest BCUT2D eigenvalue weighted by Crippen LogP contribution is -2.71. The Morgan fingerprint density at radius 1 is 1.24 bits per heavy atom. The normalized spacial score (nSPS) is 20.4. The minimum absolute atomic E-state index is 0.104. The molecule has 2 aliphatic rings. The van der Waals surface area contributed by atoms with E-state index in [0.29, 0.717) is 24.3 Å². The molecule has 1 fully saturated rings. The molecule has 1 heterocycles. The van der Waals surface area contributed by atoms with Crippen molar-refractivity contribution >= 4 is 31.4 Å². The third-order valence-electron chi connectivity index (χ3n) is 5.41. The summed E-state index contributed by atoms with van der Waals surface area (Å²) in [6.45, 7) is 11.1. The van der Waals surface area contributed by atoms with Crippen molar-refractivity contribution in [2.75, 3.05) is 23.1 Å². The summed E-state index contributed by atoms with van der Waals surface area (Å²) in [6, 6.07) is 6.62. The molecule has 1 saturated carbocycles. The van der Waals surface area contributed by atoms with Crippen LogP contribution >= 0.6 is 0 Å². The Morgan fingerprint density at radius 2 is 1.85 bits per heavy atom. The van der Waals surface area contributed by atoms with E-state index < -0.39 is 38.5 Å². The Morgan fingerprint density at radius 3 is 2.38 bits per heavy atom. The second-order valence-corrected chi connectivity index (χ2v) is 15.3. The molecule has 0 N–H and O–H groups in total. The van der Waals surface area contributed by atoms with Gasteiger partial charge in [-0.15, -0.1) is 0 Å². The van der Waals surface area contributed by atoms with Crippen molar-refractivity contribution < 1.29 is 32.2 Å². The molecule has 1 aromatic carbocycles. The topological polar surface area (TPSA) is 59.1 Å². The molecule has 34 heavy (non-hydrogen) atoms. The van der Waals surface area contributed by atoms with Crippen molar-refractivity contribution in [2.24, 2.45) is 5.92 Å². The first kappa shape index (κ1) is 25.8. The van der Waals surface area contributed by atoms with Gasteiger partial charge in [0, 0.05) is 20.6 Å². The standard InChI is InChI=1S/C24H29F3N2O4Si/c1-17(2)33-22(31)29-20-9-7-6-8-19(20)28(16-32-14-15-34(3,4)5)21(30)23(29,24(25,26)27)13-12-18-10-11-18/h6-9,18H,1,10-11,14-16H2,2-5H3. The van der Waals surface area contributed by atoms with E-state index in [0.717, 1.165) is 10.9 Å².